The Balaban J connectivity index is 1.37. The number of nitrogens with one attached hydrogen (secondary N) is 1. The summed E-state index contributed by atoms with van der Waals surface area (Å²) in [6, 6.07) is 15.6. The number of benzene rings is 2. The first-order valence-corrected chi connectivity index (χ1v) is 11.1. The van der Waals surface area contributed by atoms with Crippen LogP contribution >= 0.6 is 11.6 Å². The van der Waals surface area contributed by atoms with E-state index in [0.717, 1.165) is 37.2 Å². The Bertz CT molecular complexity index is 1010. The maximum absolute atomic E-state index is 13.2. The SMILES string of the molecule is CCC(C(=O)N1CCC(Nc2ccc(C)cc2)CC1)n1nnc(-c2ccc(Cl)cc2)n1. The number of carbonyl (C=O) groups excluding carboxylic acids is 1. The van der Waals surface area contributed by atoms with E-state index >= 15 is 0 Å². The highest BCUT2D eigenvalue weighted by molar-refractivity contribution is 6.30. The number of carbonyl (C=O) groups is 1. The van der Waals surface area contributed by atoms with E-state index in [4.69, 9.17) is 11.6 Å². The van der Waals surface area contributed by atoms with Gasteiger partial charge in [-0.05, 0) is 67.8 Å². The number of piperidine rings is 1. The van der Waals surface area contributed by atoms with Crippen LogP contribution in [0.2, 0.25) is 5.02 Å². The molecule has 0 spiro atoms. The third-order valence-corrected chi connectivity index (χ3v) is 5.96. The van der Waals surface area contributed by atoms with Crippen LogP contribution in [0.4, 0.5) is 5.69 Å². The minimum atomic E-state index is -0.449. The molecule has 31 heavy (non-hydrogen) atoms. The van der Waals surface area contributed by atoms with Gasteiger partial charge in [-0.3, -0.25) is 4.79 Å². The predicted octanol–water partition coefficient (Wildman–Crippen LogP) is 4.36. The summed E-state index contributed by atoms with van der Waals surface area (Å²) >= 11 is 5.95. The fourth-order valence-corrected chi connectivity index (χ4v) is 3.97. The van der Waals surface area contributed by atoms with Crippen molar-refractivity contribution in [2.75, 3.05) is 18.4 Å². The number of amides is 1. The molecule has 2 aromatic carbocycles. The van der Waals surface area contributed by atoms with Gasteiger partial charge < -0.3 is 10.2 Å². The van der Waals surface area contributed by atoms with Gasteiger partial charge >= 0.3 is 0 Å². The third kappa shape index (κ3) is 5.05. The molecule has 0 saturated carbocycles. The smallest absolute Gasteiger partial charge is 0.249 e. The highest BCUT2D eigenvalue weighted by Crippen LogP contribution is 2.22. The van der Waals surface area contributed by atoms with E-state index in [1.165, 1.54) is 10.4 Å². The Morgan fingerprint density at radius 3 is 2.45 bits per heavy atom. The first kappa shape index (κ1) is 21.3. The number of hydrogen-bond acceptors (Lipinski definition) is 5. The first-order chi connectivity index (χ1) is 15.0. The van der Waals surface area contributed by atoms with Gasteiger partial charge in [0.1, 0.15) is 0 Å². The Hall–Kier alpha value is -2.93. The maximum atomic E-state index is 13.2. The summed E-state index contributed by atoms with van der Waals surface area (Å²) in [4.78, 5) is 16.6. The largest absolute Gasteiger partial charge is 0.382 e. The van der Waals surface area contributed by atoms with Crippen LogP contribution in [0.1, 0.15) is 37.8 Å². The lowest BCUT2D eigenvalue weighted by Gasteiger charge is -2.34. The molecule has 1 fully saturated rings. The maximum Gasteiger partial charge on any atom is 0.249 e. The van der Waals surface area contributed by atoms with E-state index in [1.54, 1.807) is 12.1 Å². The van der Waals surface area contributed by atoms with Gasteiger partial charge in [0.2, 0.25) is 11.7 Å². The zero-order valence-corrected chi connectivity index (χ0v) is 18.6. The normalized spacial score (nSPS) is 15.6. The van der Waals surface area contributed by atoms with Crippen LogP contribution in [0.3, 0.4) is 0 Å². The minimum absolute atomic E-state index is 0.0522. The van der Waals surface area contributed by atoms with E-state index in [-0.39, 0.29) is 5.91 Å². The third-order valence-electron chi connectivity index (χ3n) is 5.71. The van der Waals surface area contributed by atoms with Crippen molar-refractivity contribution >= 4 is 23.2 Å². The Morgan fingerprint density at radius 2 is 1.81 bits per heavy atom. The molecule has 1 unspecified atom stereocenters. The summed E-state index contributed by atoms with van der Waals surface area (Å²) in [5.41, 5.74) is 3.20. The Morgan fingerprint density at radius 1 is 1.13 bits per heavy atom. The fourth-order valence-electron chi connectivity index (χ4n) is 3.85. The molecule has 1 N–H and O–H groups in total. The Labute approximate surface area is 187 Å². The zero-order valence-electron chi connectivity index (χ0n) is 17.8. The predicted molar refractivity (Wildman–Crippen MR) is 122 cm³/mol. The van der Waals surface area contributed by atoms with E-state index < -0.39 is 6.04 Å². The van der Waals surface area contributed by atoms with Crippen LogP contribution < -0.4 is 5.32 Å². The van der Waals surface area contributed by atoms with Gasteiger partial charge in [0, 0.05) is 35.4 Å². The van der Waals surface area contributed by atoms with Gasteiger partial charge in [0.05, 0.1) is 0 Å². The number of nitrogens with zero attached hydrogens (tertiary/aromatic N) is 5. The average Bonchev–Trinajstić information content (AvgIpc) is 3.26. The summed E-state index contributed by atoms with van der Waals surface area (Å²) in [5, 5.41) is 17.0. The van der Waals surface area contributed by atoms with Crippen molar-refractivity contribution < 1.29 is 4.79 Å². The van der Waals surface area contributed by atoms with Crippen LogP contribution in [0.5, 0.6) is 0 Å². The number of aryl methyl sites for hydroxylation is 1. The number of halogens is 1. The standard InChI is InChI=1S/C23H27ClN6O/c1-3-21(30-27-22(26-28-30)17-6-8-18(24)9-7-17)23(31)29-14-12-20(13-15-29)25-19-10-4-16(2)5-11-19/h4-11,20-21,25H,3,12-15H2,1-2H3. The van der Waals surface area contributed by atoms with E-state index in [1.807, 2.05) is 24.0 Å². The molecule has 1 aromatic heterocycles. The molecule has 1 atom stereocenters. The molecule has 7 nitrogen and oxygen atoms in total. The van der Waals surface area contributed by atoms with Crippen LogP contribution in [0.15, 0.2) is 48.5 Å². The molecular formula is C23H27ClN6O. The fraction of sp³-hybridized carbons (Fsp3) is 0.391. The zero-order chi connectivity index (χ0) is 21.8. The summed E-state index contributed by atoms with van der Waals surface area (Å²) in [6.07, 6.45) is 2.44. The van der Waals surface area contributed by atoms with Crippen LogP contribution in [-0.2, 0) is 4.79 Å². The highest BCUT2D eigenvalue weighted by atomic mass is 35.5. The van der Waals surface area contributed by atoms with Crippen molar-refractivity contribution in [1.29, 1.82) is 0 Å². The lowest BCUT2D eigenvalue weighted by molar-refractivity contribution is -0.136. The van der Waals surface area contributed by atoms with Gasteiger partial charge in [0.25, 0.3) is 0 Å². The van der Waals surface area contributed by atoms with E-state index in [2.05, 4.69) is 51.9 Å². The van der Waals surface area contributed by atoms with Gasteiger partial charge in [-0.15, -0.1) is 10.2 Å². The number of likely N-dealkylation sites (tertiary alicyclic amines) is 1. The minimum Gasteiger partial charge on any atom is -0.382 e. The second-order valence-corrected chi connectivity index (χ2v) is 8.41. The molecular weight excluding hydrogens is 412 g/mol. The number of tetrazole rings is 1. The monoisotopic (exact) mass is 438 g/mol. The molecule has 1 aliphatic heterocycles. The van der Waals surface area contributed by atoms with Crippen LogP contribution in [-0.4, -0.2) is 50.1 Å². The Kier molecular flexibility index (Phi) is 6.51. The molecule has 0 radical (unpaired) electrons. The van der Waals surface area contributed by atoms with Gasteiger partial charge in [-0.1, -0.05) is 36.2 Å². The van der Waals surface area contributed by atoms with Crippen molar-refractivity contribution in [3.05, 3.63) is 59.1 Å². The van der Waals surface area contributed by atoms with Gasteiger partial charge in [-0.2, -0.15) is 4.80 Å². The summed E-state index contributed by atoms with van der Waals surface area (Å²) in [6.45, 7) is 5.50. The second kappa shape index (κ2) is 9.47. The highest BCUT2D eigenvalue weighted by Gasteiger charge is 2.30. The molecule has 3 aromatic rings. The molecule has 1 aliphatic rings. The van der Waals surface area contributed by atoms with Crippen molar-refractivity contribution in [3.8, 4) is 11.4 Å². The summed E-state index contributed by atoms with van der Waals surface area (Å²) < 4.78 is 0. The van der Waals surface area contributed by atoms with Crippen molar-refractivity contribution in [2.24, 2.45) is 0 Å². The van der Waals surface area contributed by atoms with Gasteiger partial charge in [-0.25, -0.2) is 0 Å². The molecule has 0 aliphatic carbocycles. The molecule has 0 bridgehead atoms. The average molecular weight is 439 g/mol. The number of rotatable bonds is 6. The topological polar surface area (TPSA) is 75.9 Å². The van der Waals surface area contributed by atoms with Crippen LogP contribution in [0.25, 0.3) is 11.4 Å². The van der Waals surface area contributed by atoms with Crippen LogP contribution in [0, 0.1) is 6.92 Å². The van der Waals surface area contributed by atoms with E-state index in [0.29, 0.717) is 23.3 Å². The van der Waals surface area contributed by atoms with Crippen molar-refractivity contribution in [2.45, 2.75) is 45.2 Å². The van der Waals surface area contributed by atoms with Crippen molar-refractivity contribution in [3.63, 3.8) is 0 Å². The number of aromatic nitrogens is 4. The lowest BCUT2D eigenvalue weighted by Crippen LogP contribution is -2.45. The van der Waals surface area contributed by atoms with Gasteiger partial charge in [0.15, 0.2) is 6.04 Å². The molecule has 2 heterocycles. The summed E-state index contributed by atoms with van der Waals surface area (Å²) in [5.74, 6) is 0.542. The molecule has 4 rings (SSSR count). The second-order valence-electron chi connectivity index (χ2n) is 7.97. The molecule has 8 heteroatoms. The lowest BCUT2D eigenvalue weighted by atomic mass is 10.0. The van der Waals surface area contributed by atoms with Crippen molar-refractivity contribution in [1.82, 2.24) is 25.1 Å². The summed E-state index contributed by atoms with van der Waals surface area (Å²) in [7, 11) is 0. The quantitative estimate of drug-likeness (QED) is 0.619. The molecule has 162 valence electrons. The van der Waals surface area contributed by atoms with E-state index in [9.17, 15) is 4.79 Å². The number of hydrogen-bond donors (Lipinski definition) is 1. The first-order valence-electron chi connectivity index (χ1n) is 10.7. The molecule has 1 saturated heterocycles. The number of anilines is 1. The molecule has 1 amide bonds.